The van der Waals surface area contributed by atoms with E-state index in [1.54, 1.807) is 7.11 Å². The zero-order valence-electron chi connectivity index (χ0n) is 15.8. The SMILES string of the molecule is COc1ccccc1CCNC(=O)C1CC1C(=O)NCc1ccc(C)cc1. The van der Waals surface area contributed by atoms with Gasteiger partial charge in [-0.05, 0) is 37.0 Å². The highest BCUT2D eigenvalue weighted by Crippen LogP contribution is 2.38. The Kier molecular flexibility index (Phi) is 6.12. The van der Waals surface area contributed by atoms with Crippen LogP contribution in [0.4, 0.5) is 0 Å². The number of nitrogens with one attached hydrogen (secondary N) is 2. The Morgan fingerprint density at radius 2 is 1.67 bits per heavy atom. The van der Waals surface area contributed by atoms with Crippen LogP contribution in [0.1, 0.15) is 23.1 Å². The fourth-order valence-corrected chi connectivity index (χ4v) is 3.16. The minimum atomic E-state index is -0.208. The Hall–Kier alpha value is -2.82. The molecule has 0 aromatic heterocycles. The molecule has 2 unspecified atom stereocenters. The van der Waals surface area contributed by atoms with Gasteiger partial charge in [0.05, 0.1) is 18.9 Å². The maximum atomic E-state index is 12.3. The summed E-state index contributed by atoms with van der Waals surface area (Å²) in [6.45, 7) is 3.06. The molecule has 0 aliphatic heterocycles. The van der Waals surface area contributed by atoms with Crippen LogP contribution >= 0.6 is 0 Å². The number of hydrogen-bond acceptors (Lipinski definition) is 3. The summed E-state index contributed by atoms with van der Waals surface area (Å²) in [6.07, 6.45) is 1.33. The second-order valence-corrected chi connectivity index (χ2v) is 7.00. The van der Waals surface area contributed by atoms with E-state index in [4.69, 9.17) is 4.74 Å². The lowest BCUT2D eigenvalue weighted by Gasteiger charge is -2.09. The number of para-hydroxylation sites is 1. The molecule has 3 rings (SSSR count). The summed E-state index contributed by atoms with van der Waals surface area (Å²) in [5.41, 5.74) is 3.31. The third-order valence-electron chi connectivity index (χ3n) is 4.94. The van der Waals surface area contributed by atoms with E-state index in [2.05, 4.69) is 10.6 Å². The van der Waals surface area contributed by atoms with Gasteiger partial charge in [-0.15, -0.1) is 0 Å². The van der Waals surface area contributed by atoms with E-state index < -0.39 is 0 Å². The normalized spacial score (nSPS) is 17.9. The van der Waals surface area contributed by atoms with E-state index in [1.165, 1.54) is 5.56 Å². The second-order valence-electron chi connectivity index (χ2n) is 7.00. The van der Waals surface area contributed by atoms with Crippen LogP contribution in [0.5, 0.6) is 5.75 Å². The van der Waals surface area contributed by atoms with Crippen molar-refractivity contribution in [2.24, 2.45) is 11.8 Å². The van der Waals surface area contributed by atoms with Crippen molar-refractivity contribution < 1.29 is 14.3 Å². The van der Waals surface area contributed by atoms with Crippen molar-refractivity contribution in [1.82, 2.24) is 10.6 Å². The Morgan fingerprint density at radius 1 is 1.00 bits per heavy atom. The first-order chi connectivity index (χ1) is 13.1. The Morgan fingerprint density at radius 3 is 2.37 bits per heavy atom. The largest absolute Gasteiger partial charge is 0.496 e. The summed E-state index contributed by atoms with van der Waals surface area (Å²) in [6, 6.07) is 15.8. The van der Waals surface area contributed by atoms with Crippen LogP contribution in [-0.4, -0.2) is 25.5 Å². The lowest BCUT2D eigenvalue weighted by atomic mass is 10.1. The number of rotatable bonds is 8. The van der Waals surface area contributed by atoms with E-state index in [-0.39, 0.29) is 23.7 Å². The van der Waals surface area contributed by atoms with Gasteiger partial charge >= 0.3 is 0 Å². The summed E-state index contributed by atoms with van der Waals surface area (Å²) < 4.78 is 5.32. The average molecular weight is 366 g/mol. The molecule has 0 spiro atoms. The molecular weight excluding hydrogens is 340 g/mol. The summed E-state index contributed by atoms with van der Waals surface area (Å²) in [5, 5.41) is 5.86. The predicted octanol–water partition coefficient (Wildman–Crippen LogP) is 2.61. The monoisotopic (exact) mass is 366 g/mol. The summed E-state index contributed by atoms with van der Waals surface area (Å²) >= 11 is 0. The Labute approximate surface area is 160 Å². The molecule has 1 fully saturated rings. The van der Waals surface area contributed by atoms with Gasteiger partial charge in [0.1, 0.15) is 5.75 Å². The van der Waals surface area contributed by atoms with Crippen LogP contribution in [0, 0.1) is 18.8 Å². The third-order valence-corrected chi connectivity index (χ3v) is 4.94. The van der Waals surface area contributed by atoms with Gasteiger partial charge in [-0.2, -0.15) is 0 Å². The molecule has 1 aliphatic rings. The summed E-state index contributed by atoms with van der Waals surface area (Å²) in [7, 11) is 1.64. The summed E-state index contributed by atoms with van der Waals surface area (Å²) in [5.74, 6) is 0.328. The van der Waals surface area contributed by atoms with Crippen molar-refractivity contribution in [1.29, 1.82) is 0 Å². The van der Waals surface area contributed by atoms with Crippen LogP contribution in [-0.2, 0) is 22.6 Å². The molecule has 2 aromatic rings. The van der Waals surface area contributed by atoms with E-state index in [1.807, 2.05) is 55.5 Å². The van der Waals surface area contributed by atoms with Crippen LogP contribution in [0.15, 0.2) is 48.5 Å². The number of carbonyl (C=O) groups excluding carboxylic acids is 2. The molecule has 2 amide bonds. The second kappa shape index (κ2) is 8.71. The van der Waals surface area contributed by atoms with Crippen LogP contribution in [0.2, 0.25) is 0 Å². The maximum Gasteiger partial charge on any atom is 0.224 e. The highest BCUT2D eigenvalue weighted by atomic mass is 16.5. The molecule has 1 saturated carbocycles. The van der Waals surface area contributed by atoms with Gasteiger partial charge < -0.3 is 15.4 Å². The van der Waals surface area contributed by atoms with Gasteiger partial charge in [0.25, 0.3) is 0 Å². The molecule has 5 nitrogen and oxygen atoms in total. The fraction of sp³-hybridized carbons (Fsp3) is 0.364. The van der Waals surface area contributed by atoms with Crippen LogP contribution in [0.25, 0.3) is 0 Å². The van der Waals surface area contributed by atoms with Crippen LogP contribution < -0.4 is 15.4 Å². The number of carbonyl (C=O) groups is 2. The predicted molar refractivity (Wildman–Crippen MR) is 104 cm³/mol. The molecule has 1 aliphatic carbocycles. The van der Waals surface area contributed by atoms with Gasteiger partial charge in [0.2, 0.25) is 11.8 Å². The van der Waals surface area contributed by atoms with Gasteiger partial charge in [-0.25, -0.2) is 0 Å². The molecule has 0 bridgehead atoms. The maximum absolute atomic E-state index is 12.3. The highest BCUT2D eigenvalue weighted by molar-refractivity contribution is 5.92. The smallest absolute Gasteiger partial charge is 0.224 e. The minimum absolute atomic E-state index is 0.0412. The standard InChI is InChI=1S/C22H26N2O3/c1-15-7-9-16(10-8-15)14-24-22(26)19-13-18(19)21(25)23-12-11-17-5-3-4-6-20(17)27-2/h3-10,18-19H,11-14H2,1-2H3,(H,23,25)(H,24,26). The molecule has 2 N–H and O–H groups in total. The zero-order valence-corrected chi connectivity index (χ0v) is 15.8. The molecule has 0 heterocycles. The topological polar surface area (TPSA) is 67.4 Å². The minimum Gasteiger partial charge on any atom is -0.496 e. The van der Waals surface area contributed by atoms with Gasteiger partial charge in [0, 0.05) is 13.1 Å². The zero-order chi connectivity index (χ0) is 19.2. The first-order valence-corrected chi connectivity index (χ1v) is 9.31. The Balaban J connectivity index is 1.39. The molecule has 2 aromatic carbocycles. The molecule has 5 heteroatoms. The first-order valence-electron chi connectivity index (χ1n) is 9.31. The third kappa shape index (κ3) is 5.09. The number of amides is 2. The van der Waals surface area contributed by atoms with Gasteiger partial charge in [-0.1, -0.05) is 48.0 Å². The number of ether oxygens (including phenoxy) is 1. The highest BCUT2D eigenvalue weighted by Gasteiger charge is 2.47. The van der Waals surface area contributed by atoms with E-state index in [9.17, 15) is 9.59 Å². The summed E-state index contributed by atoms with van der Waals surface area (Å²) in [4.78, 5) is 24.5. The van der Waals surface area contributed by atoms with Crippen molar-refractivity contribution in [3.05, 3.63) is 65.2 Å². The molecule has 0 radical (unpaired) electrons. The van der Waals surface area contributed by atoms with Crippen molar-refractivity contribution in [2.45, 2.75) is 26.3 Å². The lowest BCUT2D eigenvalue weighted by molar-refractivity contribution is -0.127. The lowest BCUT2D eigenvalue weighted by Crippen LogP contribution is -2.31. The van der Waals surface area contributed by atoms with E-state index in [0.29, 0.717) is 25.9 Å². The average Bonchev–Trinajstić information content (AvgIpc) is 3.49. The number of benzene rings is 2. The molecule has 0 saturated heterocycles. The fourth-order valence-electron chi connectivity index (χ4n) is 3.16. The van der Waals surface area contributed by atoms with Crippen molar-refractivity contribution in [2.75, 3.05) is 13.7 Å². The van der Waals surface area contributed by atoms with E-state index in [0.717, 1.165) is 16.9 Å². The van der Waals surface area contributed by atoms with Crippen molar-refractivity contribution in [3.8, 4) is 5.75 Å². The Bertz CT molecular complexity index is 801. The molecular formula is C22H26N2O3. The number of methoxy groups -OCH3 is 1. The quantitative estimate of drug-likeness (QED) is 0.755. The number of hydrogen-bond donors (Lipinski definition) is 2. The van der Waals surface area contributed by atoms with E-state index >= 15 is 0 Å². The van der Waals surface area contributed by atoms with Crippen molar-refractivity contribution >= 4 is 11.8 Å². The van der Waals surface area contributed by atoms with Gasteiger partial charge in [-0.3, -0.25) is 9.59 Å². The molecule has 142 valence electrons. The van der Waals surface area contributed by atoms with Crippen molar-refractivity contribution in [3.63, 3.8) is 0 Å². The molecule has 2 atom stereocenters. The van der Waals surface area contributed by atoms with Gasteiger partial charge in [0.15, 0.2) is 0 Å². The van der Waals surface area contributed by atoms with Crippen LogP contribution in [0.3, 0.4) is 0 Å². The molecule has 27 heavy (non-hydrogen) atoms. The number of aryl methyl sites for hydroxylation is 1. The first kappa shape index (κ1) is 19.0.